The summed E-state index contributed by atoms with van der Waals surface area (Å²) >= 11 is 10.8. The molecular formula is C7H8Cl2. The molecule has 2 heteroatoms. The van der Waals surface area contributed by atoms with E-state index in [1.807, 2.05) is 19.1 Å². The van der Waals surface area contributed by atoms with Crippen molar-refractivity contribution in [3.8, 4) is 0 Å². The fraction of sp³-hybridized carbons (Fsp3) is 0.143. The first kappa shape index (κ1) is 8.80. The van der Waals surface area contributed by atoms with E-state index < -0.39 is 0 Å². The van der Waals surface area contributed by atoms with E-state index in [9.17, 15) is 0 Å². The van der Waals surface area contributed by atoms with Crippen LogP contribution in [0.25, 0.3) is 0 Å². The van der Waals surface area contributed by atoms with Crippen LogP contribution in [0.2, 0.25) is 0 Å². The molecule has 0 atom stereocenters. The van der Waals surface area contributed by atoms with Gasteiger partial charge in [0.25, 0.3) is 0 Å². The Kier molecular flexibility index (Phi) is 5.80. The number of hydrogen-bond donors (Lipinski definition) is 0. The molecule has 0 aromatic heterocycles. The topological polar surface area (TPSA) is 0 Å². The van der Waals surface area contributed by atoms with E-state index in [2.05, 4.69) is 0 Å². The Morgan fingerprint density at radius 3 is 2.56 bits per heavy atom. The first-order valence-electron chi connectivity index (χ1n) is 2.56. The highest BCUT2D eigenvalue weighted by Crippen LogP contribution is 2.03. The van der Waals surface area contributed by atoms with E-state index in [0.29, 0.717) is 5.03 Å². The SMILES string of the molecule is C/C=C/C=C(Cl)\C=C\Cl. The molecule has 0 rings (SSSR count). The van der Waals surface area contributed by atoms with Gasteiger partial charge in [-0.3, -0.25) is 0 Å². The number of allylic oxidation sites excluding steroid dienone is 5. The predicted molar refractivity (Wildman–Crippen MR) is 43.7 cm³/mol. The molecule has 0 amide bonds. The molecule has 0 N–H and O–H groups in total. The molecule has 0 fully saturated rings. The molecule has 0 saturated heterocycles. The zero-order valence-corrected chi connectivity index (χ0v) is 6.65. The Balaban J connectivity index is 3.84. The van der Waals surface area contributed by atoms with Gasteiger partial charge < -0.3 is 0 Å². The third-order valence-electron chi connectivity index (χ3n) is 0.670. The van der Waals surface area contributed by atoms with Gasteiger partial charge in [0.2, 0.25) is 0 Å². The second-order valence-electron chi connectivity index (χ2n) is 1.37. The molecule has 0 aliphatic rings. The Morgan fingerprint density at radius 2 is 2.11 bits per heavy atom. The lowest BCUT2D eigenvalue weighted by Gasteiger charge is -1.79. The van der Waals surface area contributed by atoms with Crippen LogP contribution >= 0.6 is 23.2 Å². The summed E-state index contributed by atoms with van der Waals surface area (Å²) in [5, 5.41) is 0.628. The van der Waals surface area contributed by atoms with Gasteiger partial charge in [-0.25, -0.2) is 0 Å². The third-order valence-corrected chi connectivity index (χ3v) is 1.05. The van der Waals surface area contributed by atoms with E-state index >= 15 is 0 Å². The number of hydrogen-bond acceptors (Lipinski definition) is 0. The van der Waals surface area contributed by atoms with Crippen molar-refractivity contribution in [3.63, 3.8) is 0 Å². The lowest BCUT2D eigenvalue weighted by atomic mass is 10.4. The average Bonchev–Trinajstić information content (AvgIpc) is 1.85. The molecule has 50 valence electrons. The van der Waals surface area contributed by atoms with E-state index in [0.717, 1.165) is 0 Å². The summed E-state index contributed by atoms with van der Waals surface area (Å²) in [5.74, 6) is 0. The molecule has 0 aromatic rings. The fourth-order valence-electron chi connectivity index (χ4n) is 0.304. The van der Waals surface area contributed by atoms with Crippen LogP contribution in [0.3, 0.4) is 0 Å². The van der Waals surface area contributed by atoms with Crippen LogP contribution in [-0.2, 0) is 0 Å². The van der Waals surface area contributed by atoms with E-state index in [-0.39, 0.29) is 0 Å². The maximum atomic E-state index is 5.60. The second kappa shape index (κ2) is 5.93. The van der Waals surface area contributed by atoms with Gasteiger partial charge in [0.15, 0.2) is 0 Å². The predicted octanol–water partition coefficient (Wildman–Crippen LogP) is 3.44. The molecule has 0 saturated carbocycles. The number of halogens is 2. The van der Waals surface area contributed by atoms with Crippen LogP contribution in [0, 0.1) is 0 Å². The molecule has 9 heavy (non-hydrogen) atoms. The van der Waals surface area contributed by atoms with Gasteiger partial charge in [-0.1, -0.05) is 35.4 Å². The Labute approximate surface area is 65.5 Å². The van der Waals surface area contributed by atoms with Crippen LogP contribution in [0.1, 0.15) is 6.92 Å². The first-order valence-corrected chi connectivity index (χ1v) is 3.38. The molecule has 0 unspecified atom stereocenters. The smallest absolute Gasteiger partial charge is 0.0414 e. The Bertz CT molecular complexity index is 143. The van der Waals surface area contributed by atoms with Crippen molar-refractivity contribution in [2.45, 2.75) is 6.92 Å². The summed E-state index contributed by atoms with van der Waals surface area (Å²) < 4.78 is 0. The van der Waals surface area contributed by atoms with Crippen LogP contribution in [-0.4, -0.2) is 0 Å². The van der Waals surface area contributed by atoms with Crippen molar-refractivity contribution in [1.29, 1.82) is 0 Å². The summed E-state index contributed by atoms with van der Waals surface area (Å²) in [6.45, 7) is 1.92. The van der Waals surface area contributed by atoms with Crippen LogP contribution in [0.15, 0.2) is 34.9 Å². The molecule has 0 aromatic carbocycles. The quantitative estimate of drug-likeness (QED) is 0.547. The lowest BCUT2D eigenvalue weighted by Crippen LogP contribution is -1.57. The summed E-state index contributed by atoms with van der Waals surface area (Å²) in [6.07, 6.45) is 7.12. The monoisotopic (exact) mass is 162 g/mol. The van der Waals surface area contributed by atoms with E-state index in [1.54, 1.807) is 12.2 Å². The highest BCUT2D eigenvalue weighted by atomic mass is 35.5. The van der Waals surface area contributed by atoms with Crippen LogP contribution in [0.5, 0.6) is 0 Å². The van der Waals surface area contributed by atoms with Gasteiger partial charge in [0.05, 0.1) is 0 Å². The molecule has 0 radical (unpaired) electrons. The van der Waals surface area contributed by atoms with E-state index in [4.69, 9.17) is 23.2 Å². The Morgan fingerprint density at radius 1 is 1.44 bits per heavy atom. The summed E-state index contributed by atoms with van der Waals surface area (Å²) in [4.78, 5) is 0. The molecule has 0 spiro atoms. The van der Waals surface area contributed by atoms with Crippen molar-refractivity contribution < 1.29 is 0 Å². The van der Waals surface area contributed by atoms with Crippen LogP contribution in [0.4, 0.5) is 0 Å². The molecule has 0 aliphatic heterocycles. The maximum Gasteiger partial charge on any atom is 0.0414 e. The largest absolute Gasteiger partial charge is 0.0929 e. The third kappa shape index (κ3) is 5.67. The van der Waals surface area contributed by atoms with Crippen molar-refractivity contribution in [2.75, 3.05) is 0 Å². The maximum absolute atomic E-state index is 5.60. The second-order valence-corrected chi connectivity index (χ2v) is 2.06. The Hall–Kier alpha value is -0.200. The first-order chi connectivity index (χ1) is 4.31. The van der Waals surface area contributed by atoms with Crippen molar-refractivity contribution in [1.82, 2.24) is 0 Å². The summed E-state index contributed by atoms with van der Waals surface area (Å²) in [5.41, 5.74) is 1.38. The highest BCUT2D eigenvalue weighted by molar-refractivity contribution is 6.33. The van der Waals surface area contributed by atoms with Gasteiger partial charge in [-0.15, -0.1) is 0 Å². The minimum absolute atomic E-state index is 0.628. The van der Waals surface area contributed by atoms with Gasteiger partial charge in [-0.2, -0.15) is 0 Å². The van der Waals surface area contributed by atoms with Gasteiger partial charge >= 0.3 is 0 Å². The lowest BCUT2D eigenvalue weighted by molar-refractivity contribution is 1.72. The molecule has 0 nitrogen and oxygen atoms in total. The molecule has 0 aliphatic carbocycles. The minimum atomic E-state index is 0.628. The van der Waals surface area contributed by atoms with Crippen molar-refractivity contribution in [3.05, 3.63) is 34.9 Å². The minimum Gasteiger partial charge on any atom is -0.0929 e. The van der Waals surface area contributed by atoms with Gasteiger partial charge in [-0.05, 0) is 19.1 Å². The fourth-order valence-corrected chi connectivity index (χ4v) is 0.640. The molecular weight excluding hydrogens is 155 g/mol. The van der Waals surface area contributed by atoms with Crippen molar-refractivity contribution in [2.24, 2.45) is 0 Å². The normalized spacial score (nSPS) is 13.9. The van der Waals surface area contributed by atoms with Gasteiger partial charge in [0.1, 0.15) is 0 Å². The summed E-state index contributed by atoms with van der Waals surface area (Å²) in [6, 6.07) is 0. The zero-order valence-electron chi connectivity index (χ0n) is 5.14. The van der Waals surface area contributed by atoms with Crippen LogP contribution < -0.4 is 0 Å². The van der Waals surface area contributed by atoms with Crippen molar-refractivity contribution >= 4 is 23.2 Å². The standard InChI is InChI=1S/C7H8Cl2/c1-2-3-4-7(9)5-6-8/h2-6H,1H3/b3-2+,6-5+,7-4+. The molecule has 0 heterocycles. The zero-order chi connectivity index (χ0) is 7.11. The average molecular weight is 163 g/mol. The highest BCUT2D eigenvalue weighted by Gasteiger charge is 1.76. The van der Waals surface area contributed by atoms with Gasteiger partial charge in [0, 0.05) is 10.6 Å². The van der Waals surface area contributed by atoms with E-state index in [1.165, 1.54) is 5.54 Å². The molecule has 0 bridgehead atoms. The number of rotatable bonds is 2. The summed E-state index contributed by atoms with van der Waals surface area (Å²) in [7, 11) is 0.